The second kappa shape index (κ2) is 10.6. The summed E-state index contributed by atoms with van der Waals surface area (Å²) in [5.74, 6) is 2.36. The zero-order chi connectivity index (χ0) is 26.8. The van der Waals surface area contributed by atoms with Crippen LogP contribution in [-0.2, 0) is 0 Å². The lowest BCUT2D eigenvalue weighted by Gasteiger charge is -2.29. The number of rotatable bonds is 7. The van der Waals surface area contributed by atoms with Gasteiger partial charge in [0, 0.05) is 35.5 Å². The van der Waals surface area contributed by atoms with Crippen LogP contribution in [0.1, 0.15) is 29.0 Å². The number of hydrogen-bond donors (Lipinski definition) is 1. The predicted octanol–water partition coefficient (Wildman–Crippen LogP) is 7.16. The minimum atomic E-state index is -0.155. The van der Waals surface area contributed by atoms with Crippen molar-refractivity contribution in [3.63, 3.8) is 0 Å². The van der Waals surface area contributed by atoms with Gasteiger partial charge in [0.25, 0.3) is 0 Å². The summed E-state index contributed by atoms with van der Waals surface area (Å²) in [6.45, 7) is 2.06. The van der Waals surface area contributed by atoms with Crippen molar-refractivity contribution < 1.29 is 9.47 Å². The van der Waals surface area contributed by atoms with Crippen molar-refractivity contribution >= 4 is 23.0 Å². The van der Waals surface area contributed by atoms with Gasteiger partial charge in [-0.3, -0.25) is 4.98 Å². The number of nitrogens with one attached hydrogen (secondary N) is 1. The van der Waals surface area contributed by atoms with Crippen molar-refractivity contribution in [3.05, 3.63) is 132 Å². The van der Waals surface area contributed by atoms with Crippen molar-refractivity contribution in [1.82, 2.24) is 14.9 Å². The van der Waals surface area contributed by atoms with E-state index in [0.717, 1.165) is 40.0 Å². The molecule has 0 saturated carbocycles. The third-order valence-corrected chi connectivity index (χ3v) is 7.20. The molecule has 0 spiro atoms. The second-order valence-electron chi connectivity index (χ2n) is 9.41. The lowest BCUT2D eigenvalue weighted by molar-refractivity contribution is 0.414. The molecule has 0 unspecified atom stereocenters. The Morgan fingerprint density at radius 1 is 0.795 bits per heavy atom. The molecular weight excluding hydrogens is 504 g/mol. The first-order valence-electron chi connectivity index (χ1n) is 12.8. The average molecular weight is 533 g/mol. The van der Waals surface area contributed by atoms with Crippen molar-refractivity contribution in [2.45, 2.75) is 19.0 Å². The molecule has 3 heterocycles. The Kier molecular flexibility index (Phi) is 6.73. The minimum Gasteiger partial charge on any atom is -0.497 e. The van der Waals surface area contributed by atoms with Gasteiger partial charge >= 0.3 is 0 Å². The fourth-order valence-electron chi connectivity index (χ4n) is 4.98. The molecule has 7 heteroatoms. The highest BCUT2D eigenvalue weighted by molar-refractivity contribution is 7.80. The van der Waals surface area contributed by atoms with Gasteiger partial charge in [0.15, 0.2) is 5.11 Å². The summed E-state index contributed by atoms with van der Waals surface area (Å²) in [4.78, 5) is 6.85. The van der Waals surface area contributed by atoms with Crippen LogP contribution in [0.4, 0.5) is 5.69 Å². The van der Waals surface area contributed by atoms with Crippen molar-refractivity contribution in [2.75, 3.05) is 12.0 Å². The number of hydrogen-bond acceptors (Lipinski definition) is 4. The number of aryl methyl sites for hydroxylation is 1. The lowest BCUT2D eigenvalue weighted by atomic mass is 10.0. The van der Waals surface area contributed by atoms with Gasteiger partial charge in [-0.15, -0.1) is 0 Å². The van der Waals surface area contributed by atoms with E-state index in [0.29, 0.717) is 5.11 Å². The van der Waals surface area contributed by atoms with Crippen LogP contribution in [-0.4, -0.2) is 21.8 Å². The van der Waals surface area contributed by atoms with Crippen molar-refractivity contribution in [2.24, 2.45) is 0 Å². The highest BCUT2D eigenvalue weighted by Gasteiger charge is 2.42. The summed E-state index contributed by atoms with van der Waals surface area (Å²) in [5, 5.41) is 4.18. The Balaban J connectivity index is 1.39. The molecule has 1 N–H and O–H groups in total. The number of anilines is 1. The predicted molar refractivity (Wildman–Crippen MR) is 158 cm³/mol. The SMILES string of the molecule is COc1cccc(-n2cccc2[C@@H]2[C@H](c3ccccn3)NC(=S)N2c2ccc(Oc3ccc(C)cc3)cc2)c1. The van der Waals surface area contributed by atoms with E-state index in [4.69, 9.17) is 21.7 Å². The zero-order valence-electron chi connectivity index (χ0n) is 21.7. The lowest BCUT2D eigenvalue weighted by Crippen LogP contribution is -2.30. The smallest absolute Gasteiger partial charge is 0.174 e. The van der Waals surface area contributed by atoms with E-state index in [1.165, 1.54) is 5.56 Å². The maximum Gasteiger partial charge on any atom is 0.174 e. The molecule has 2 atom stereocenters. The summed E-state index contributed by atoms with van der Waals surface area (Å²) in [6.07, 6.45) is 3.88. The summed E-state index contributed by atoms with van der Waals surface area (Å²) in [5.41, 5.74) is 5.16. The monoisotopic (exact) mass is 532 g/mol. The highest BCUT2D eigenvalue weighted by atomic mass is 32.1. The van der Waals surface area contributed by atoms with Gasteiger partial charge in [-0.1, -0.05) is 29.8 Å². The third kappa shape index (κ3) is 4.96. The van der Waals surface area contributed by atoms with Crippen LogP contribution in [0.25, 0.3) is 5.69 Å². The normalized spacial score (nSPS) is 16.7. The van der Waals surface area contributed by atoms with Crippen LogP contribution in [0.5, 0.6) is 17.2 Å². The molecule has 2 aromatic heterocycles. The molecule has 0 amide bonds. The molecule has 0 aliphatic carbocycles. The molecule has 6 nitrogen and oxygen atoms in total. The first kappa shape index (κ1) is 24.7. The number of methoxy groups -OCH3 is 1. The summed E-state index contributed by atoms with van der Waals surface area (Å²) < 4.78 is 13.8. The van der Waals surface area contributed by atoms with Crippen LogP contribution in [0, 0.1) is 6.92 Å². The van der Waals surface area contributed by atoms with Crippen molar-refractivity contribution in [3.8, 4) is 22.9 Å². The van der Waals surface area contributed by atoms with E-state index in [1.807, 2.05) is 91.1 Å². The van der Waals surface area contributed by atoms with Gasteiger partial charge < -0.3 is 24.3 Å². The maximum absolute atomic E-state index is 6.07. The Hall–Kier alpha value is -4.62. The van der Waals surface area contributed by atoms with Gasteiger partial charge in [0.2, 0.25) is 0 Å². The molecular formula is C32H28N4O2S. The molecule has 5 aromatic rings. The van der Waals surface area contributed by atoms with Gasteiger partial charge in [-0.2, -0.15) is 0 Å². The number of ether oxygens (including phenoxy) is 2. The van der Waals surface area contributed by atoms with Crippen LogP contribution >= 0.6 is 12.2 Å². The van der Waals surface area contributed by atoms with Crippen LogP contribution < -0.4 is 19.7 Å². The summed E-state index contributed by atoms with van der Waals surface area (Å²) >= 11 is 5.93. The molecule has 1 saturated heterocycles. The average Bonchev–Trinajstić information content (AvgIpc) is 3.59. The van der Waals surface area contributed by atoms with Gasteiger partial charge in [-0.25, -0.2) is 0 Å². The van der Waals surface area contributed by atoms with Gasteiger partial charge in [0.1, 0.15) is 23.3 Å². The van der Waals surface area contributed by atoms with Crippen LogP contribution in [0.3, 0.4) is 0 Å². The number of thiocarbonyl (C=S) groups is 1. The third-order valence-electron chi connectivity index (χ3n) is 6.88. The molecule has 1 aliphatic heterocycles. The standard InChI is InChI=1S/C32H28N4O2S/c1-22-11-15-25(16-12-22)38-26-17-13-23(14-18-26)36-31(30(34-32(36)39)28-9-3-4-19-33-28)29-10-6-20-35(29)24-7-5-8-27(21-24)37-2/h3-21,30-31H,1-2H3,(H,34,39)/t30-,31+/m0/s1. The number of aromatic nitrogens is 2. The quantitative estimate of drug-likeness (QED) is 0.225. The largest absolute Gasteiger partial charge is 0.497 e. The topological polar surface area (TPSA) is 51.5 Å². The van der Waals surface area contributed by atoms with E-state index in [9.17, 15) is 0 Å². The van der Waals surface area contributed by atoms with Crippen LogP contribution in [0.2, 0.25) is 0 Å². The number of benzene rings is 3. The Labute approximate surface area is 233 Å². The van der Waals surface area contributed by atoms with Crippen LogP contribution in [0.15, 0.2) is 116 Å². The Bertz CT molecular complexity index is 1580. The molecule has 1 aliphatic rings. The molecule has 6 rings (SSSR count). The minimum absolute atomic E-state index is 0.151. The van der Waals surface area contributed by atoms with Gasteiger partial charge in [-0.05, 0) is 91.9 Å². The molecule has 194 valence electrons. The molecule has 0 radical (unpaired) electrons. The summed E-state index contributed by atoms with van der Waals surface area (Å²) in [7, 11) is 1.68. The molecule has 39 heavy (non-hydrogen) atoms. The molecule has 3 aromatic carbocycles. The van der Waals surface area contributed by atoms with E-state index >= 15 is 0 Å². The Morgan fingerprint density at radius 3 is 2.28 bits per heavy atom. The van der Waals surface area contributed by atoms with Gasteiger partial charge in [0.05, 0.1) is 18.8 Å². The second-order valence-corrected chi connectivity index (χ2v) is 9.80. The fraction of sp³-hybridized carbons (Fsp3) is 0.125. The zero-order valence-corrected chi connectivity index (χ0v) is 22.5. The highest BCUT2D eigenvalue weighted by Crippen LogP contribution is 2.42. The van der Waals surface area contributed by atoms with Crippen molar-refractivity contribution in [1.29, 1.82) is 0 Å². The molecule has 0 bridgehead atoms. The van der Waals surface area contributed by atoms with E-state index in [2.05, 4.69) is 51.1 Å². The number of nitrogens with zero attached hydrogens (tertiary/aromatic N) is 3. The van der Waals surface area contributed by atoms with E-state index in [1.54, 1.807) is 7.11 Å². The maximum atomic E-state index is 6.07. The van der Waals surface area contributed by atoms with E-state index in [-0.39, 0.29) is 12.1 Å². The Morgan fingerprint density at radius 2 is 1.56 bits per heavy atom. The molecule has 1 fully saturated rings. The summed E-state index contributed by atoms with van der Waals surface area (Å²) in [6, 6.07) is 34.0. The first-order chi connectivity index (χ1) is 19.1. The fourth-order valence-corrected chi connectivity index (χ4v) is 5.33. The first-order valence-corrected chi connectivity index (χ1v) is 13.2. The number of pyridine rings is 1. The van der Waals surface area contributed by atoms with E-state index < -0.39 is 0 Å².